The van der Waals surface area contributed by atoms with Crippen LogP contribution in [0.25, 0.3) is 0 Å². The lowest BCUT2D eigenvalue weighted by Crippen LogP contribution is -2.43. The lowest BCUT2D eigenvalue weighted by molar-refractivity contribution is 0.00331. The number of nitrogens with zero attached hydrogens (tertiary/aromatic N) is 1. The van der Waals surface area contributed by atoms with Gasteiger partial charge in [0.05, 0.1) is 24.8 Å². The van der Waals surface area contributed by atoms with E-state index in [0.29, 0.717) is 18.6 Å². The highest BCUT2D eigenvalue weighted by Crippen LogP contribution is 2.41. The number of amides is 1. The van der Waals surface area contributed by atoms with Gasteiger partial charge in [0.25, 0.3) is 0 Å². The van der Waals surface area contributed by atoms with Crippen LogP contribution in [-0.4, -0.2) is 28.2 Å². The Labute approximate surface area is 153 Å². The van der Waals surface area contributed by atoms with Gasteiger partial charge >= 0.3 is 6.09 Å². The van der Waals surface area contributed by atoms with Crippen molar-refractivity contribution in [1.29, 1.82) is 0 Å². The van der Waals surface area contributed by atoms with Crippen LogP contribution >= 0.6 is 0 Å². The molecular formula is C21H24FNO3. The van der Waals surface area contributed by atoms with Gasteiger partial charge in [-0.1, -0.05) is 56.3 Å². The zero-order valence-electron chi connectivity index (χ0n) is 15.0. The van der Waals surface area contributed by atoms with Crippen LogP contribution in [0.5, 0.6) is 0 Å². The van der Waals surface area contributed by atoms with E-state index >= 15 is 0 Å². The normalized spacial score (nSPS) is 22.8. The molecule has 4 nitrogen and oxygen atoms in total. The highest BCUT2D eigenvalue weighted by Gasteiger charge is 2.46. The Morgan fingerprint density at radius 1 is 1.23 bits per heavy atom. The van der Waals surface area contributed by atoms with Crippen molar-refractivity contribution in [2.75, 3.05) is 0 Å². The van der Waals surface area contributed by atoms with E-state index in [1.807, 2.05) is 44.2 Å². The van der Waals surface area contributed by atoms with E-state index in [0.717, 1.165) is 5.56 Å². The van der Waals surface area contributed by atoms with E-state index in [-0.39, 0.29) is 23.9 Å². The quantitative estimate of drug-likeness (QED) is 0.831. The summed E-state index contributed by atoms with van der Waals surface area (Å²) in [6.07, 6.45) is -0.714. The predicted octanol–water partition coefficient (Wildman–Crippen LogP) is 4.86. The number of carboxylic acid groups (broad SMARTS) is 1. The van der Waals surface area contributed by atoms with E-state index in [2.05, 4.69) is 0 Å². The Morgan fingerprint density at radius 3 is 2.58 bits per heavy atom. The maximum Gasteiger partial charge on any atom is 0.408 e. The first-order chi connectivity index (χ1) is 12.5. The van der Waals surface area contributed by atoms with E-state index in [1.54, 1.807) is 12.1 Å². The summed E-state index contributed by atoms with van der Waals surface area (Å²) in [4.78, 5) is 13.4. The zero-order valence-corrected chi connectivity index (χ0v) is 15.0. The Kier molecular flexibility index (Phi) is 5.57. The standard InChI is InChI=1S/C21H24FNO3/c1-14(2)20-19(26-13-15-7-4-3-5-8-15)12-18(23(20)21(24)25)16-9-6-10-17(22)11-16/h3-11,14,18-20H,12-13H2,1-2H3,(H,24,25)/t18-,19-,20-/m0/s1. The van der Waals surface area contributed by atoms with Crippen LogP contribution in [0.3, 0.4) is 0 Å². The van der Waals surface area contributed by atoms with Gasteiger partial charge in [-0.25, -0.2) is 9.18 Å². The fourth-order valence-corrected chi connectivity index (χ4v) is 3.83. The average molecular weight is 357 g/mol. The van der Waals surface area contributed by atoms with Crippen molar-refractivity contribution in [2.45, 2.75) is 45.1 Å². The minimum atomic E-state index is -0.997. The molecule has 0 bridgehead atoms. The van der Waals surface area contributed by atoms with E-state index in [9.17, 15) is 14.3 Å². The van der Waals surface area contributed by atoms with Crippen molar-refractivity contribution in [1.82, 2.24) is 4.90 Å². The molecule has 0 aliphatic carbocycles. The van der Waals surface area contributed by atoms with Gasteiger partial charge in [-0.2, -0.15) is 0 Å². The van der Waals surface area contributed by atoms with Gasteiger partial charge < -0.3 is 9.84 Å². The molecule has 1 aliphatic rings. The second-order valence-corrected chi connectivity index (χ2v) is 7.07. The minimum Gasteiger partial charge on any atom is -0.465 e. The maximum absolute atomic E-state index is 13.7. The molecule has 0 aromatic heterocycles. The van der Waals surface area contributed by atoms with Gasteiger partial charge in [-0.05, 0) is 29.2 Å². The molecule has 1 amide bonds. The molecule has 1 N–H and O–H groups in total. The summed E-state index contributed by atoms with van der Waals surface area (Å²) in [6.45, 7) is 4.42. The summed E-state index contributed by atoms with van der Waals surface area (Å²) in [5.41, 5.74) is 1.72. The molecule has 0 spiro atoms. The third-order valence-corrected chi connectivity index (χ3v) is 4.94. The summed E-state index contributed by atoms with van der Waals surface area (Å²) in [6, 6.07) is 15.3. The Hall–Kier alpha value is -2.40. The molecule has 138 valence electrons. The Morgan fingerprint density at radius 2 is 1.96 bits per heavy atom. The Balaban J connectivity index is 1.85. The molecule has 0 saturated carbocycles. The first-order valence-corrected chi connectivity index (χ1v) is 8.89. The molecule has 1 aliphatic heterocycles. The van der Waals surface area contributed by atoms with Crippen molar-refractivity contribution in [2.24, 2.45) is 5.92 Å². The number of ether oxygens (including phenoxy) is 1. The van der Waals surface area contributed by atoms with Crippen molar-refractivity contribution < 1.29 is 19.0 Å². The molecule has 2 aromatic rings. The monoisotopic (exact) mass is 357 g/mol. The molecule has 2 aromatic carbocycles. The van der Waals surface area contributed by atoms with Gasteiger partial charge in [0.15, 0.2) is 0 Å². The first kappa shape index (κ1) is 18.4. The molecule has 1 heterocycles. The SMILES string of the molecule is CC(C)[C@H]1[C@@H](OCc2ccccc2)C[C@@H](c2cccc(F)c2)N1C(=O)O. The highest BCUT2D eigenvalue weighted by molar-refractivity contribution is 5.67. The number of hydrogen-bond donors (Lipinski definition) is 1. The number of halogens is 1. The number of hydrogen-bond acceptors (Lipinski definition) is 2. The molecule has 0 radical (unpaired) electrons. The van der Waals surface area contributed by atoms with E-state index in [1.165, 1.54) is 17.0 Å². The van der Waals surface area contributed by atoms with E-state index < -0.39 is 12.1 Å². The van der Waals surface area contributed by atoms with Crippen LogP contribution in [0.2, 0.25) is 0 Å². The summed E-state index contributed by atoms with van der Waals surface area (Å²) in [7, 11) is 0. The fraction of sp³-hybridized carbons (Fsp3) is 0.381. The lowest BCUT2D eigenvalue weighted by atomic mass is 9.98. The first-order valence-electron chi connectivity index (χ1n) is 8.89. The maximum atomic E-state index is 13.7. The second-order valence-electron chi connectivity index (χ2n) is 7.07. The third-order valence-electron chi connectivity index (χ3n) is 4.94. The minimum absolute atomic E-state index is 0.0884. The number of likely N-dealkylation sites (tertiary alicyclic amines) is 1. The molecular weight excluding hydrogens is 333 g/mol. The van der Waals surface area contributed by atoms with Crippen LogP contribution < -0.4 is 0 Å². The van der Waals surface area contributed by atoms with Gasteiger partial charge in [0.2, 0.25) is 0 Å². The smallest absolute Gasteiger partial charge is 0.408 e. The number of rotatable bonds is 5. The fourth-order valence-electron chi connectivity index (χ4n) is 3.83. The lowest BCUT2D eigenvalue weighted by Gasteiger charge is -2.32. The molecule has 5 heteroatoms. The zero-order chi connectivity index (χ0) is 18.7. The molecule has 1 saturated heterocycles. The highest BCUT2D eigenvalue weighted by atomic mass is 19.1. The summed E-state index contributed by atoms with van der Waals surface area (Å²) < 4.78 is 19.8. The van der Waals surface area contributed by atoms with Crippen molar-refractivity contribution >= 4 is 6.09 Å². The van der Waals surface area contributed by atoms with Gasteiger partial charge in [0, 0.05) is 6.42 Å². The van der Waals surface area contributed by atoms with Gasteiger partial charge in [0.1, 0.15) is 5.82 Å². The predicted molar refractivity (Wildman–Crippen MR) is 97.3 cm³/mol. The number of benzene rings is 2. The third kappa shape index (κ3) is 3.88. The van der Waals surface area contributed by atoms with Crippen LogP contribution in [0, 0.1) is 11.7 Å². The summed E-state index contributed by atoms with van der Waals surface area (Å²) in [5.74, 6) is -0.270. The van der Waals surface area contributed by atoms with Crippen LogP contribution in [0.1, 0.15) is 37.4 Å². The molecule has 3 rings (SSSR count). The summed E-state index contributed by atoms with van der Waals surface area (Å²) >= 11 is 0. The van der Waals surface area contributed by atoms with Crippen LogP contribution in [0.15, 0.2) is 54.6 Å². The van der Waals surface area contributed by atoms with Crippen LogP contribution in [-0.2, 0) is 11.3 Å². The van der Waals surface area contributed by atoms with Crippen molar-refractivity contribution in [3.8, 4) is 0 Å². The number of carbonyl (C=O) groups is 1. The van der Waals surface area contributed by atoms with Crippen LogP contribution in [0.4, 0.5) is 9.18 Å². The molecule has 0 unspecified atom stereocenters. The van der Waals surface area contributed by atoms with Crippen molar-refractivity contribution in [3.63, 3.8) is 0 Å². The van der Waals surface area contributed by atoms with Gasteiger partial charge in [-0.15, -0.1) is 0 Å². The molecule has 26 heavy (non-hydrogen) atoms. The molecule has 3 atom stereocenters. The average Bonchev–Trinajstić information content (AvgIpc) is 3.01. The van der Waals surface area contributed by atoms with E-state index in [4.69, 9.17) is 4.74 Å². The Bertz CT molecular complexity index is 750. The summed E-state index contributed by atoms with van der Waals surface area (Å²) in [5, 5.41) is 9.81. The second kappa shape index (κ2) is 7.87. The van der Waals surface area contributed by atoms with Crippen molar-refractivity contribution in [3.05, 3.63) is 71.5 Å². The van der Waals surface area contributed by atoms with Gasteiger partial charge in [-0.3, -0.25) is 4.90 Å². The molecule has 1 fully saturated rings. The largest absolute Gasteiger partial charge is 0.465 e. The topological polar surface area (TPSA) is 49.8 Å².